The molecule has 7 heteroatoms. The van der Waals surface area contributed by atoms with E-state index in [-0.39, 0.29) is 11.4 Å². The number of hydrogen-bond donors (Lipinski definition) is 1. The summed E-state index contributed by atoms with van der Waals surface area (Å²) in [6.07, 6.45) is 3.13. The van der Waals surface area contributed by atoms with Gasteiger partial charge in [-0.05, 0) is 12.1 Å². The van der Waals surface area contributed by atoms with Crippen molar-refractivity contribution >= 4 is 11.4 Å². The number of nitrogens with one attached hydrogen (secondary N) is 1. The number of ether oxygens (including phenoxy) is 1. The van der Waals surface area contributed by atoms with Gasteiger partial charge in [0.1, 0.15) is 5.69 Å². The van der Waals surface area contributed by atoms with Gasteiger partial charge in [0, 0.05) is 14.1 Å². The first-order chi connectivity index (χ1) is 8.61. The van der Waals surface area contributed by atoms with E-state index in [4.69, 9.17) is 4.74 Å². The Morgan fingerprint density at radius 1 is 1.50 bits per heavy atom. The highest BCUT2D eigenvalue weighted by Crippen LogP contribution is 2.36. The highest BCUT2D eigenvalue weighted by molar-refractivity contribution is 5.68. The number of hydrogen-bond acceptors (Lipinski definition) is 5. The van der Waals surface area contributed by atoms with Crippen molar-refractivity contribution in [1.82, 2.24) is 9.78 Å². The number of nitro benzene ring substituents is 1. The maximum Gasteiger partial charge on any atom is 0.334 e. The van der Waals surface area contributed by atoms with E-state index in [9.17, 15) is 10.1 Å². The number of nitrogens with zero attached hydrogens (tertiary/aromatic N) is 3. The molecule has 0 amide bonds. The van der Waals surface area contributed by atoms with Gasteiger partial charge in [0.25, 0.3) is 0 Å². The predicted octanol–water partition coefficient (Wildman–Crippen LogP) is 2.16. The van der Waals surface area contributed by atoms with Crippen molar-refractivity contribution < 1.29 is 9.66 Å². The van der Waals surface area contributed by atoms with Gasteiger partial charge in [0.05, 0.1) is 17.3 Å². The Bertz CT molecular complexity index is 579. The smallest absolute Gasteiger partial charge is 0.334 e. The van der Waals surface area contributed by atoms with Crippen LogP contribution in [0.3, 0.4) is 0 Å². The minimum Gasteiger partial charge on any atom is -0.447 e. The molecule has 94 valence electrons. The molecule has 2 rings (SSSR count). The fourth-order valence-electron chi connectivity index (χ4n) is 1.57. The van der Waals surface area contributed by atoms with Crippen LogP contribution >= 0.6 is 0 Å². The number of aryl methyl sites for hydroxylation is 1. The summed E-state index contributed by atoms with van der Waals surface area (Å²) in [4.78, 5) is 10.6. The van der Waals surface area contributed by atoms with E-state index in [0.29, 0.717) is 11.4 Å². The SMILES string of the molecule is CNc1cccc(Oc2cnn(C)c2)c1[N+](=O)[O-]. The zero-order chi connectivity index (χ0) is 13.1. The monoisotopic (exact) mass is 248 g/mol. The normalized spacial score (nSPS) is 10.1. The molecule has 0 unspecified atom stereocenters. The molecule has 1 aromatic carbocycles. The predicted molar refractivity (Wildman–Crippen MR) is 65.9 cm³/mol. The van der Waals surface area contributed by atoms with Crippen LogP contribution in [0.2, 0.25) is 0 Å². The van der Waals surface area contributed by atoms with Gasteiger partial charge in [-0.2, -0.15) is 5.10 Å². The first-order valence-electron chi connectivity index (χ1n) is 5.23. The van der Waals surface area contributed by atoms with Crippen molar-refractivity contribution in [2.75, 3.05) is 12.4 Å². The lowest BCUT2D eigenvalue weighted by molar-refractivity contribution is -0.384. The highest BCUT2D eigenvalue weighted by atomic mass is 16.6. The van der Waals surface area contributed by atoms with Crippen molar-refractivity contribution in [3.05, 3.63) is 40.7 Å². The summed E-state index contributed by atoms with van der Waals surface area (Å²) in [5.41, 5.74) is 0.310. The number of rotatable bonds is 4. The first kappa shape index (κ1) is 11.9. The van der Waals surface area contributed by atoms with E-state index in [2.05, 4.69) is 10.4 Å². The van der Waals surface area contributed by atoms with Gasteiger partial charge in [0.15, 0.2) is 5.75 Å². The highest BCUT2D eigenvalue weighted by Gasteiger charge is 2.21. The van der Waals surface area contributed by atoms with Gasteiger partial charge in [-0.3, -0.25) is 14.8 Å². The molecule has 2 aromatic rings. The molecule has 0 aliphatic heterocycles. The maximum atomic E-state index is 11.1. The second kappa shape index (κ2) is 4.74. The molecular weight excluding hydrogens is 236 g/mol. The molecular formula is C11H12N4O3. The molecule has 0 radical (unpaired) electrons. The largest absolute Gasteiger partial charge is 0.447 e. The Morgan fingerprint density at radius 2 is 2.28 bits per heavy atom. The zero-order valence-corrected chi connectivity index (χ0v) is 9.95. The lowest BCUT2D eigenvalue weighted by atomic mass is 10.2. The van der Waals surface area contributed by atoms with Crippen LogP contribution in [0.25, 0.3) is 0 Å². The van der Waals surface area contributed by atoms with Crippen LogP contribution in [0.15, 0.2) is 30.6 Å². The van der Waals surface area contributed by atoms with Crippen LogP contribution in [0.1, 0.15) is 0 Å². The molecule has 0 atom stereocenters. The van der Waals surface area contributed by atoms with Crippen LogP contribution in [0.4, 0.5) is 11.4 Å². The van der Waals surface area contributed by atoms with E-state index in [1.807, 2.05) is 0 Å². The van der Waals surface area contributed by atoms with E-state index in [1.54, 1.807) is 43.2 Å². The maximum absolute atomic E-state index is 11.1. The molecule has 0 fully saturated rings. The van der Waals surface area contributed by atoms with Gasteiger partial charge in [-0.1, -0.05) is 6.07 Å². The average molecular weight is 248 g/mol. The van der Waals surface area contributed by atoms with Crippen LogP contribution < -0.4 is 10.1 Å². The average Bonchev–Trinajstić information content (AvgIpc) is 2.74. The third kappa shape index (κ3) is 2.24. The van der Waals surface area contributed by atoms with Crippen LogP contribution in [0, 0.1) is 10.1 Å². The topological polar surface area (TPSA) is 82.2 Å². The van der Waals surface area contributed by atoms with Crippen molar-refractivity contribution in [1.29, 1.82) is 0 Å². The minimum absolute atomic E-state index is 0.0937. The van der Waals surface area contributed by atoms with Crippen LogP contribution in [0.5, 0.6) is 11.5 Å². The Hall–Kier alpha value is -2.57. The Labute approximate surface area is 103 Å². The standard InChI is InChI=1S/C11H12N4O3/c1-12-9-4-3-5-10(11(9)15(16)17)18-8-6-13-14(2)7-8/h3-7,12H,1-2H3. The second-order valence-corrected chi connectivity index (χ2v) is 3.61. The third-order valence-electron chi connectivity index (χ3n) is 2.36. The number of nitro groups is 1. The molecule has 0 aliphatic carbocycles. The minimum atomic E-state index is -0.475. The lowest BCUT2D eigenvalue weighted by Gasteiger charge is -2.07. The number of anilines is 1. The fourth-order valence-corrected chi connectivity index (χ4v) is 1.57. The molecule has 18 heavy (non-hydrogen) atoms. The molecule has 0 saturated carbocycles. The molecule has 0 saturated heterocycles. The van der Waals surface area contributed by atoms with E-state index in [0.717, 1.165) is 0 Å². The summed E-state index contributed by atoms with van der Waals surface area (Å²) in [5, 5.41) is 17.8. The summed E-state index contributed by atoms with van der Waals surface area (Å²) in [5.74, 6) is 0.633. The number of aromatic nitrogens is 2. The molecule has 7 nitrogen and oxygen atoms in total. The van der Waals surface area contributed by atoms with Crippen molar-refractivity contribution in [3.63, 3.8) is 0 Å². The number of benzene rings is 1. The second-order valence-electron chi connectivity index (χ2n) is 3.61. The Balaban J connectivity index is 2.41. The molecule has 0 bridgehead atoms. The molecule has 1 N–H and O–H groups in total. The first-order valence-corrected chi connectivity index (χ1v) is 5.23. The van der Waals surface area contributed by atoms with Crippen molar-refractivity contribution in [3.8, 4) is 11.5 Å². The van der Waals surface area contributed by atoms with Crippen LogP contribution in [-0.4, -0.2) is 21.8 Å². The van der Waals surface area contributed by atoms with Crippen LogP contribution in [-0.2, 0) is 7.05 Å². The zero-order valence-electron chi connectivity index (χ0n) is 9.95. The van der Waals surface area contributed by atoms with Gasteiger partial charge in [0.2, 0.25) is 5.75 Å². The Morgan fingerprint density at radius 3 is 2.83 bits per heavy atom. The van der Waals surface area contributed by atoms with Gasteiger partial charge in [-0.25, -0.2) is 0 Å². The van der Waals surface area contributed by atoms with E-state index < -0.39 is 4.92 Å². The quantitative estimate of drug-likeness (QED) is 0.662. The summed E-state index contributed by atoms with van der Waals surface area (Å²) >= 11 is 0. The molecule has 0 spiro atoms. The number of para-hydroxylation sites is 1. The molecule has 1 aromatic heterocycles. The van der Waals surface area contributed by atoms with E-state index in [1.165, 1.54) is 6.20 Å². The third-order valence-corrected chi connectivity index (χ3v) is 2.36. The van der Waals surface area contributed by atoms with Gasteiger partial charge < -0.3 is 10.1 Å². The molecule has 1 heterocycles. The lowest BCUT2D eigenvalue weighted by Crippen LogP contribution is -1.98. The van der Waals surface area contributed by atoms with Gasteiger partial charge >= 0.3 is 5.69 Å². The van der Waals surface area contributed by atoms with Crippen molar-refractivity contribution in [2.24, 2.45) is 7.05 Å². The fraction of sp³-hybridized carbons (Fsp3) is 0.182. The summed E-state index contributed by atoms with van der Waals surface area (Å²) in [7, 11) is 3.36. The summed E-state index contributed by atoms with van der Waals surface area (Å²) in [6, 6.07) is 4.85. The van der Waals surface area contributed by atoms with Gasteiger partial charge in [-0.15, -0.1) is 0 Å². The summed E-state index contributed by atoms with van der Waals surface area (Å²) < 4.78 is 7.03. The summed E-state index contributed by atoms with van der Waals surface area (Å²) in [6.45, 7) is 0. The molecule has 0 aliphatic rings. The van der Waals surface area contributed by atoms with Crippen molar-refractivity contribution in [2.45, 2.75) is 0 Å². The Kier molecular flexibility index (Phi) is 3.13. The van der Waals surface area contributed by atoms with E-state index >= 15 is 0 Å².